The minimum Gasteiger partial charge on any atom is -0.398 e. The first-order valence-corrected chi connectivity index (χ1v) is 3.52. The first-order chi connectivity index (χ1) is 5.52. The number of benzene rings is 1. The van der Waals surface area contributed by atoms with Crippen molar-refractivity contribution in [3.05, 3.63) is 22.7 Å². The Morgan fingerprint density at radius 3 is 1.92 bits per heavy atom. The second-order valence-corrected chi connectivity index (χ2v) is 2.74. The number of anilines is 2. The minimum absolute atomic E-state index is 0.0741. The number of hydrogen-bond donors (Lipinski definition) is 2. The van der Waals surface area contributed by atoms with Crippen molar-refractivity contribution < 1.29 is 8.78 Å². The van der Waals surface area contributed by atoms with Gasteiger partial charge in [-0.05, 0) is 12.1 Å². The van der Waals surface area contributed by atoms with Crippen LogP contribution >= 0.6 is 11.6 Å². The van der Waals surface area contributed by atoms with E-state index in [1.165, 1.54) is 12.1 Å². The molecule has 0 unspecified atom stereocenters. The third-order valence-electron chi connectivity index (χ3n) is 1.43. The Kier molecular flexibility index (Phi) is 2.38. The number of alkyl halides is 2. The first kappa shape index (κ1) is 9.06. The molecule has 1 rings (SSSR count). The molecule has 0 aromatic heterocycles. The van der Waals surface area contributed by atoms with E-state index in [2.05, 4.69) is 0 Å². The van der Waals surface area contributed by atoms with Gasteiger partial charge in [-0.2, -0.15) is 0 Å². The van der Waals surface area contributed by atoms with E-state index in [0.717, 1.165) is 0 Å². The molecule has 0 saturated heterocycles. The van der Waals surface area contributed by atoms with E-state index in [-0.39, 0.29) is 22.0 Å². The van der Waals surface area contributed by atoms with Gasteiger partial charge in [0.15, 0.2) is 0 Å². The van der Waals surface area contributed by atoms with Crippen LogP contribution in [0, 0.1) is 0 Å². The first-order valence-electron chi connectivity index (χ1n) is 3.15. The maximum absolute atomic E-state index is 12.2. The normalized spacial score (nSPS) is 10.7. The van der Waals surface area contributed by atoms with Crippen molar-refractivity contribution in [3.8, 4) is 0 Å². The van der Waals surface area contributed by atoms with E-state index >= 15 is 0 Å². The maximum atomic E-state index is 12.2. The predicted molar refractivity (Wildman–Crippen MR) is 45.2 cm³/mol. The Morgan fingerprint density at radius 2 is 1.58 bits per heavy atom. The van der Waals surface area contributed by atoms with Crippen LogP contribution in [0.4, 0.5) is 20.2 Å². The van der Waals surface area contributed by atoms with Crippen LogP contribution in [0.2, 0.25) is 5.02 Å². The molecule has 0 bridgehead atoms. The summed E-state index contributed by atoms with van der Waals surface area (Å²) in [7, 11) is 0. The molecule has 5 heteroatoms. The van der Waals surface area contributed by atoms with Gasteiger partial charge < -0.3 is 11.5 Å². The van der Waals surface area contributed by atoms with Crippen molar-refractivity contribution in [2.75, 3.05) is 11.5 Å². The van der Waals surface area contributed by atoms with Crippen LogP contribution in [0.15, 0.2) is 12.1 Å². The molecule has 0 aliphatic heterocycles. The molecular weight excluding hydrogens is 186 g/mol. The van der Waals surface area contributed by atoms with Crippen molar-refractivity contribution in [2.24, 2.45) is 0 Å². The fourth-order valence-electron chi connectivity index (χ4n) is 0.913. The van der Waals surface area contributed by atoms with Gasteiger partial charge in [-0.25, -0.2) is 8.78 Å². The van der Waals surface area contributed by atoms with Gasteiger partial charge in [-0.15, -0.1) is 0 Å². The SMILES string of the molecule is Nc1cc(Cl)cc(N)c1C(F)F. The Labute approximate surface area is 73.1 Å². The zero-order valence-electron chi connectivity index (χ0n) is 6.02. The van der Waals surface area contributed by atoms with Gasteiger partial charge in [0.2, 0.25) is 0 Å². The van der Waals surface area contributed by atoms with Gasteiger partial charge in [-0.1, -0.05) is 11.6 Å². The Hall–Kier alpha value is -1.03. The second kappa shape index (κ2) is 3.15. The van der Waals surface area contributed by atoms with E-state index in [0.29, 0.717) is 0 Å². The zero-order valence-corrected chi connectivity index (χ0v) is 6.78. The second-order valence-electron chi connectivity index (χ2n) is 2.30. The van der Waals surface area contributed by atoms with Crippen LogP contribution in [-0.4, -0.2) is 0 Å². The van der Waals surface area contributed by atoms with Gasteiger partial charge in [0.1, 0.15) is 0 Å². The lowest BCUT2D eigenvalue weighted by Gasteiger charge is -2.07. The van der Waals surface area contributed by atoms with Crippen LogP contribution in [0.5, 0.6) is 0 Å². The number of rotatable bonds is 1. The van der Waals surface area contributed by atoms with Crippen LogP contribution in [0.1, 0.15) is 12.0 Å². The maximum Gasteiger partial charge on any atom is 0.267 e. The lowest BCUT2D eigenvalue weighted by atomic mass is 10.1. The minimum atomic E-state index is -2.66. The van der Waals surface area contributed by atoms with E-state index in [9.17, 15) is 8.78 Å². The van der Waals surface area contributed by atoms with E-state index in [4.69, 9.17) is 23.1 Å². The molecule has 0 amide bonds. The third-order valence-corrected chi connectivity index (χ3v) is 1.65. The molecule has 1 aromatic carbocycles. The molecule has 4 N–H and O–H groups in total. The summed E-state index contributed by atoms with van der Waals surface area (Å²) in [6, 6.07) is 2.50. The number of nitrogen functional groups attached to an aromatic ring is 2. The van der Waals surface area contributed by atoms with Crippen molar-refractivity contribution in [2.45, 2.75) is 6.43 Å². The number of halogens is 3. The zero-order chi connectivity index (χ0) is 9.30. The summed E-state index contributed by atoms with van der Waals surface area (Å²) in [5, 5.41) is 0.259. The third kappa shape index (κ3) is 1.58. The van der Waals surface area contributed by atoms with Crippen LogP contribution in [-0.2, 0) is 0 Å². The summed E-state index contributed by atoms with van der Waals surface area (Å²) < 4.78 is 24.4. The van der Waals surface area contributed by atoms with E-state index < -0.39 is 6.43 Å². The molecule has 66 valence electrons. The lowest BCUT2D eigenvalue weighted by Crippen LogP contribution is -2.00. The molecular formula is C7H7ClF2N2. The summed E-state index contributed by atoms with van der Waals surface area (Å²) in [4.78, 5) is 0. The van der Waals surface area contributed by atoms with Gasteiger partial charge >= 0.3 is 0 Å². The molecule has 0 atom stereocenters. The summed E-state index contributed by atoms with van der Waals surface area (Å²) in [6.45, 7) is 0. The molecule has 0 saturated carbocycles. The summed E-state index contributed by atoms with van der Waals surface area (Å²) >= 11 is 5.52. The van der Waals surface area contributed by atoms with Crippen molar-refractivity contribution in [1.29, 1.82) is 0 Å². The van der Waals surface area contributed by atoms with E-state index in [1.807, 2.05) is 0 Å². The van der Waals surface area contributed by atoms with Crippen LogP contribution < -0.4 is 11.5 Å². The van der Waals surface area contributed by atoms with Gasteiger partial charge in [0.25, 0.3) is 6.43 Å². The largest absolute Gasteiger partial charge is 0.398 e. The predicted octanol–water partition coefficient (Wildman–Crippen LogP) is 2.44. The highest BCUT2D eigenvalue weighted by Gasteiger charge is 2.15. The van der Waals surface area contributed by atoms with Gasteiger partial charge in [0, 0.05) is 16.4 Å². The smallest absolute Gasteiger partial charge is 0.267 e. The van der Waals surface area contributed by atoms with Crippen molar-refractivity contribution >= 4 is 23.0 Å². The summed E-state index contributed by atoms with van der Waals surface area (Å²) in [5.41, 5.74) is 10.1. The van der Waals surface area contributed by atoms with Crippen LogP contribution in [0.3, 0.4) is 0 Å². The Bertz CT molecular complexity index is 278. The Morgan fingerprint density at radius 1 is 1.17 bits per heavy atom. The summed E-state index contributed by atoms with van der Waals surface area (Å²) in [6.07, 6.45) is -2.66. The summed E-state index contributed by atoms with van der Waals surface area (Å²) in [5.74, 6) is 0. The topological polar surface area (TPSA) is 52.0 Å². The molecule has 0 fully saturated rings. The molecule has 0 spiro atoms. The van der Waals surface area contributed by atoms with Crippen molar-refractivity contribution in [3.63, 3.8) is 0 Å². The molecule has 12 heavy (non-hydrogen) atoms. The molecule has 0 aliphatic carbocycles. The van der Waals surface area contributed by atoms with E-state index in [1.54, 1.807) is 0 Å². The van der Waals surface area contributed by atoms with Crippen molar-refractivity contribution in [1.82, 2.24) is 0 Å². The fraction of sp³-hybridized carbons (Fsp3) is 0.143. The van der Waals surface area contributed by atoms with Crippen LogP contribution in [0.25, 0.3) is 0 Å². The molecule has 0 radical (unpaired) electrons. The molecule has 2 nitrogen and oxygen atoms in total. The highest BCUT2D eigenvalue weighted by Crippen LogP contribution is 2.32. The lowest BCUT2D eigenvalue weighted by molar-refractivity contribution is 0.153. The molecule has 0 aliphatic rings. The average Bonchev–Trinajstić information content (AvgIpc) is 1.82. The highest BCUT2D eigenvalue weighted by molar-refractivity contribution is 6.31. The monoisotopic (exact) mass is 192 g/mol. The van der Waals surface area contributed by atoms with Gasteiger partial charge in [-0.3, -0.25) is 0 Å². The number of nitrogens with two attached hydrogens (primary N) is 2. The molecule has 1 aromatic rings. The fourth-order valence-corrected chi connectivity index (χ4v) is 1.15. The number of hydrogen-bond acceptors (Lipinski definition) is 2. The highest BCUT2D eigenvalue weighted by atomic mass is 35.5. The average molecular weight is 193 g/mol. The standard InChI is InChI=1S/C7H7ClF2N2/c8-3-1-4(11)6(7(9)10)5(12)2-3/h1-2,7H,11-12H2. The Balaban J connectivity index is 3.28. The molecule has 0 heterocycles. The quantitative estimate of drug-likeness (QED) is 0.672. The van der Waals surface area contributed by atoms with Gasteiger partial charge in [0.05, 0.1) is 5.56 Å².